The Balaban J connectivity index is 1.27. The zero-order valence-electron chi connectivity index (χ0n) is 24.0. The highest BCUT2D eigenvalue weighted by Gasteiger charge is 2.34. The number of hydrogen-bond donors (Lipinski definition) is 0. The first-order chi connectivity index (χ1) is 21.9. The number of carbonyl (C=O) groups is 1. The van der Waals surface area contributed by atoms with Gasteiger partial charge in [-0.3, -0.25) is 19.5 Å². The Kier molecular flexibility index (Phi) is 7.19. The van der Waals surface area contributed by atoms with E-state index in [0.717, 1.165) is 40.8 Å². The second-order valence-electron chi connectivity index (χ2n) is 10.6. The van der Waals surface area contributed by atoms with Gasteiger partial charge in [-0.2, -0.15) is 0 Å². The molecule has 2 aliphatic rings. The van der Waals surface area contributed by atoms with Crippen molar-refractivity contribution in [2.75, 3.05) is 7.11 Å². The third kappa shape index (κ3) is 5.15. The molecule has 1 aliphatic heterocycles. The number of esters is 1. The summed E-state index contributed by atoms with van der Waals surface area (Å²) < 4.78 is 13.5. The molecule has 0 saturated heterocycles. The molecule has 9 nitrogen and oxygen atoms in total. The van der Waals surface area contributed by atoms with Crippen LogP contribution in [0.3, 0.4) is 0 Å². The van der Waals surface area contributed by atoms with Crippen LogP contribution in [-0.4, -0.2) is 22.6 Å². The number of para-hydroxylation sites is 1. The third-order valence-corrected chi connectivity index (χ3v) is 8.97. The summed E-state index contributed by atoms with van der Waals surface area (Å²) in [6.07, 6.45) is 3.43. The SMILES string of the molecule is COc1ccccc1[C@@H]1C2=C(N=c3s/c(=C/c4ccc(OC(=O)c5cccc([N+](=O)[O-])c5)cc4)c(=O)n31)c1ccccc1CC2. The van der Waals surface area contributed by atoms with Crippen molar-refractivity contribution in [2.24, 2.45) is 4.99 Å². The molecule has 0 N–H and O–H groups in total. The number of aryl methyl sites for hydroxylation is 1. The molecular formula is C35H25N3O6S. The Morgan fingerprint density at radius 1 is 1.00 bits per heavy atom. The standard InChI is InChI=1S/C35H25N3O6S/c1-43-29-12-5-4-11-27(29)32-28-18-15-22-7-2-3-10-26(22)31(28)36-35-37(32)33(39)30(45-35)19-21-13-16-25(17-14-21)44-34(40)23-8-6-9-24(20-23)38(41)42/h2-14,16-17,19-20,32H,15,18H2,1H3/b30-19+/t32-/m1/s1. The molecule has 0 saturated carbocycles. The summed E-state index contributed by atoms with van der Waals surface area (Å²) in [5.41, 5.74) is 5.70. The van der Waals surface area contributed by atoms with Crippen LogP contribution in [0.15, 0.2) is 112 Å². The van der Waals surface area contributed by atoms with Crippen molar-refractivity contribution in [3.8, 4) is 11.5 Å². The van der Waals surface area contributed by atoms with Crippen LogP contribution >= 0.6 is 11.3 Å². The Morgan fingerprint density at radius 2 is 1.78 bits per heavy atom. The van der Waals surface area contributed by atoms with Gasteiger partial charge in [0.2, 0.25) is 0 Å². The van der Waals surface area contributed by atoms with Crippen molar-refractivity contribution >= 4 is 34.8 Å². The van der Waals surface area contributed by atoms with Crippen LogP contribution in [-0.2, 0) is 6.42 Å². The van der Waals surface area contributed by atoms with Crippen molar-refractivity contribution < 1.29 is 19.2 Å². The molecule has 1 atom stereocenters. The van der Waals surface area contributed by atoms with Crippen molar-refractivity contribution in [1.29, 1.82) is 0 Å². The number of thiazole rings is 1. The smallest absolute Gasteiger partial charge is 0.343 e. The number of non-ortho nitro benzene ring substituents is 1. The number of nitro groups is 1. The van der Waals surface area contributed by atoms with Crippen LogP contribution in [0.25, 0.3) is 11.8 Å². The normalized spacial score (nSPS) is 15.4. The minimum absolute atomic E-state index is 0.0734. The molecule has 0 bridgehead atoms. The van der Waals surface area contributed by atoms with Crippen molar-refractivity contribution in [1.82, 2.24) is 4.57 Å². The van der Waals surface area contributed by atoms with Gasteiger partial charge in [0, 0.05) is 23.3 Å². The van der Waals surface area contributed by atoms with Gasteiger partial charge < -0.3 is 9.47 Å². The Bertz CT molecular complexity index is 2220. The first-order valence-electron chi connectivity index (χ1n) is 14.2. The van der Waals surface area contributed by atoms with E-state index in [9.17, 15) is 19.7 Å². The molecule has 1 aliphatic carbocycles. The van der Waals surface area contributed by atoms with Crippen LogP contribution < -0.4 is 24.4 Å². The lowest BCUT2D eigenvalue weighted by molar-refractivity contribution is -0.384. The number of carbonyl (C=O) groups excluding carboxylic acids is 1. The molecule has 0 amide bonds. The molecule has 1 aromatic heterocycles. The number of aromatic nitrogens is 1. The minimum atomic E-state index is -0.707. The molecule has 0 spiro atoms. The highest BCUT2D eigenvalue weighted by Crippen LogP contribution is 2.43. The molecule has 4 aromatic carbocycles. The predicted molar refractivity (Wildman–Crippen MR) is 170 cm³/mol. The summed E-state index contributed by atoms with van der Waals surface area (Å²) >= 11 is 1.33. The number of allylic oxidation sites excluding steroid dienone is 1. The molecule has 45 heavy (non-hydrogen) atoms. The molecule has 10 heteroatoms. The van der Waals surface area contributed by atoms with Gasteiger partial charge in [-0.25, -0.2) is 9.79 Å². The van der Waals surface area contributed by atoms with E-state index in [0.29, 0.717) is 15.1 Å². The summed E-state index contributed by atoms with van der Waals surface area (Å²) in [5, 5.41) is 11.1. The summed E-state index contributed by atoms with van der Waals surface area (Å²) in [6.45, 7) is 0. The number of rotatable bonds is 6. The van der Waals surface area contributed by atoms with E-state index in [4.69, 9.17) is 14.5 Å². The molecule has 2 heterocycles. The summed E-state index contributed by atoms with van der Waals surface area (Å²) in [6, 6.07) is 27.8. The van der Waals surface area contributed by atoms with E-state index in [2.05, 4.69) is 12.1 Å². The first-order valence-corrected chi connectivity index (χ1v) is 15.1. The number of benzene rings is 4. The fourth-order valence-electron chi connectivity index (χ4n) is 5.89. The largest absolute Gasteiger partial charge is 0.496 e. The lowest BCUT2D eigenvalue weighted by Crippen LogP contribution is -2.38. The lowest BCUT2D eigenvalue weighted by Gasteiger charge is -2.31. The topological polar surface area (TPSA) is 113 Å². The maximum Gasteiger partial charge on any atom is 0.343 e. The van der Waals surface area contributed by atoms with Crippen LogP contribution in [0, 0.1) is 10.1 Å². The molecule has 7 rings (SSSR count). The van der Waals surface area contributed by atoms with E-state index in [1.54, 1.807) is 42.0 Å². The number of methoxy groups -OCH3 is 1. The van der Waals surface area contributed by atoms with E-state index in [1.165, 1.54) is 41.2 Å². The molecule has 222 valence electrons. The van der Waals surface area contributed by atoms with Gasteiger partial charge in [0.15, 0.2) is 4.80 Å². The molecule has 0 unspecified atom stereocenters. The molecule has 0 fully saturated rings. The number of nitro benzene ring substituents is 1. The van der Waals surface area contributed by atoms with E-state index < -0.39 is 10.9 Å². The first kappa shape index (κ1) is 28.2. The maximum absolute atomic E-state index is 14.1. The van der Waals surface area contributed by atoms with E-state index in [1.807, 2.05) is 36.4 Å². The van der Waals surface area contributed by atoms with E-state index in [-0.39, 0.29) is 28.6 Å². The van der Waals surface area contributed by atoms with Gasteiger partial charge in [0.05, 0.1) is 33.9 Å². The quantitative estimate of drug-likeness (QED) is 0.109. The van der Waals surface area contributed by atoms with Crippen molar-refractivity contribution in [3.05, 3.63) is 160 Å². The Hall–Kier alpha value is -5.61. The molecule has 0 radical (unpaired) electrons. The van der Waals surface area contributed by atoms with Crippen LogP contribution in [0.1, 0.15) is 45.1 Å². The highest BCUT2D eigenvalue weighted by molar-refractivity contribution is 7.07. The van der Waals surface area contributed by atoms with Crippen molar-refractivity contribution in [3.63, 3.8) is 0 Å². The van der Waals surface area contributed by atoms with Gasteiger partial charge in [-0.1, -0.05) is 72.0 Å². The second-order valence-corrected chi connectivity index (χ2v) is 11.6. The average Bonchev–Trinajstić information content (AvgIpc) is 3.38. The van der Waals surface area contributed by atoms with Crippen LogP contribution in [0.2, 0.25) is 0 Å². The summed E-state index contributed by atoms with van der Waals surface area (Å²) in [5.74, 6) is 0.272. The summed E-state index contributed by atoms with van der Waals surface area (Å²) in [4.78, 5) is 42.8. The summed E-state index contributed by atoms with van der Waals surface area (Å²) in [7, 11) is 1.64. The lowest BCUT2D eigenvalue weighted by atomic mass is 9.83. The fourth-order valence-corrected chi connectivity index (χ4v) is 6.89. The zero-order valence-corrected chi connectivity index (χ0v) is 24.8. The second kappa shape index (κ2) is 11.5. The van der Waals surface area contributed by atoms with Crippen LogP contribution in [0.4, 0.5) is 5.69 Å². The fraction of sp³-hybridized carbons (Fsp3) is 0.114. The molecule has 5 aromatic rings. The maximum atomic E-state index is 14.1. The Labute approximate surface area is 260 Å². The average molecular weight is 616 g/mol. The number of fused-ring (bicyclic) bond motifs is 3. The number of ether oxygens (including phenoxy) is 2. The monoisotopic (exact) mass is 615 g/mol. The van der Waals surface area contributed by atoms with Crippen LogP contribution in [0.5, 0.6) is 11.5 Å². The number of nitrogens with zero attached hydrogens (tertiary/aromatic N) is 3. The zero-order chi connectivity index (χ0) is 31.1. The third-order valence-electron chi connectivity index (χ3n) is 7.99. The van der Waals surface area contributed by atoms with Gasteiger partial charge in [0.1, 0.15) is 11.5 Å². The predicted octanol–water partition coefficient (Wildman–Crippen LogP) is 5.45. The van der Waals surface area contributed by atoms with Gasteiger partial charge in [0.25, 0.3) is 11.2 Å². The highest BCUT2D eigenvalue weighted by atomic mass is 32.1. The minimum Gasteiger partial charge on any atom is -0.496 e. The van der Waals surface area contributed by atoms with Gasteiger partial charge in [-0.05, 0) is 59.9 Å². The van der Waals surface area contributed by atoms with Gasteiger partial charge in [-0.15, -0.1) is 0 Å². The van der Waals surface area contributed by atoms with Crippen molar-refractivity contribution in [2.45, 2.75) is 18.9 Å². The molecular weight excluding hydrogens is 590 g/mol. The van der Waals surface area contributed by atoms with Gasteiger partial charge >= 0.3 is 5.97 Å². The Morgan fingerprint density at radius 3 is 2.58 bits per heavy atom. The van der Waals surface area contributed by atoms with E-state index >= 15 is 0 Å². The number of hydrogen-bond acceptors (Lipinski definition) is 8.